The van der Waals surface area contributed by atoms with Gasteiger partial charge in [-0.2, -0.15) is 0 Å². The Morgan fingerprint density at radius 3 is 3.11 bits per heavy atom. The first-order valence-electron chi connectivity index (χ1n) is 2.59. The Bertz CT molecular complexity index is 246. The molecule has 0 atom stereocenters. The number of hydrogen-bond donors (Lipinski definition) is 0. The van der Waals surface area contributed by atoms with E-state index in [1.807, 2.05) is 22.2 Å². The van der Waals surface area contributed by atoms with E-state index >= 15 is 0 Å². The van der Waals surface area contributed by atoms with Gasteiger partial charge in [0.25, 0.3) is 0 Å². The normalized spacial score (nSPS) is 9.33. The van der Waals surface area contributed by atoms with E-state index in [-0.39, 0.29) is 0 Å². The van der Waals surface area contributed by atoms with Gasteiger partial charge in [0.15, 0.2) is 3.95 Å². The van der Waals surface area contributed by atoms with E-state index in [0.29, 0.717) is 0 Å². The summed E-state index contributed by atoms with van der Waals surface area (Å²) in [7, 11) is 0. The van der Waals surface area contributed by atoms with Crippen molar-refractivity contribution in [3.63, 3.8) is 0 Å². The van der Waals surface area contributed by atoms with Crippen molar-refractivity contribution in [2.75, 3.05) is 0 Å². The minimum absolute atomic E-state index is 0.822. The number of nitrogens with zero attached hydrogens (tertiary/aromatic N) is 1. The van der Waals surface area contributed by atoms with Gasteiger partial charge in [0.2, 0.25) is 0 Å². The third kappa shape index (κ3) is 1.50. The summed E-state index contributed by atoms with van der Waals surface area (Å²) in [5, 5.41) is 1.98. The Kier molecular flexibility index (Phi) is 2.19. The van der Waals surface area contributed by atoms with Crippen LogP contribution < -0.4 is 0 Å². The molecule has 0 radical (unpaired) electrons. The molecule has 1 nitrogen and oxygen atoms in total. The minimum atomic E-state index is 0.822. The van der Waals surface area contributed by atoms with Crippen LogP contribution in [-0.2, 0) is 6.54 Å². The predicted molar refractivity (Wildman–Crippen MR) is 43.3 cm³/mol. The van der Waals surface area contributed by atoms with E-state index in [2.05, 4.69) is 6.58 Å². The Hall–Kier alpha value is -0.410. The Labute approximate surface area is 63.3 Å². The van der Waals surface area contributed by atoms with Crippen molar-refractivity contribution >= 4 is 23.6 Å². The summed E-state index contributed by atoms with van der Waals surface area (Å²) in [5.41, 5.74) is 0. The molecule has 0 saturated carbocycles. The second-order valence-corrected chi connectivity index (χ2v) is 3.15. The summed E-state index contributed by atoms with van der Waals surface area (Å²) in [6.07, 6.45) is 3.80. The van der Waals surface area contributed by atoms with Crippen molar-refractivity contribution in [3.05, 3.63) is 28.2 Å². The molecule has 9 heavy (non-hydrogen) atoms. The van der Waals surface area contributed by atoms with E-state index in [1.165, 1.54) is 0 Å². The van der Waals surface area contributed by atoms with Gasteiger partial charge in [0.05, 0.1) is 0 Å². The first-order chi connectivity index (χ1) is 4.34. The van der Waals surface area contributed by atoms with Crippen LogP contribution in [0.25, 0.3) is 0 Å². The second-order valence-electron chi connectivity index (χ2n) is 1.61. The maximum Gasteiger partial charge on any atom is 0.161 e. The lowest BCUT2D eigenvalue weighted by molar-refractivity contribution is 0.826. The highest BCUT2D eigenvalue weighted by atomic mass is 32.1. The van der Waals surface area contributed by atoms with E-state index in [1.54, 1.807) is 11.3 Å². The van der Waals surface area contributed by atoms with Gasteiger partial charge in [-0.1, -0.05) is 6.08 Å². The van der Waals surface area contributed by atoms with Gasteiger partial charge in [0, 0.05) is 18.1 Å². The maximum atomic E-state index is 4.98. The first-order valence-corrected chi connectivity index (χ1v) is 3.88. The molecule has 0 saturated heterocycles. The van der Waals surface area contributed by atoms with Crippen LogP contribution in [0.15, 0.2) is 24.2 Å². The van der Waals surface area contributed by atoms with Crippen molar-refractivity contribution in [2.24, 2.45) is 0 Å². The molecule has 0 aromatic carbocycles. The van der Waals surface area contributed by atoms with Gasteiger partial charge < -0.3 is 4.57 Å². The average molecular weight is 157 g/mol. The summed E-state index contributed by atoms with van der Waals surface area (Å²) in [6, 6.07) is 0. The highest BCUT2D eigenvalue weighted by molar-refractivity contribution is 7.73. The van der Waals surface area contributed by atoms with Crippen LogP contribution in [0, 0.1) is 3.95 Å². The fourth-order valence-electron chi connectivity index (χ4n) is 0.565. The number of aromatic nitrogens is 1. The second kappa shape index (κ2) is 2.94. The number of hydrogen-bond acceptors (Lipinski definition) is 2. The SMILES string of the molecule is C=CCn1ccsc1=S. The van der Waals surface area contributed by atoms with Crippen molar-refractivity contribution < 1.29 is 0 Å². The minimum Gasteiger partial charge on any atom is -0.326 e. The lowest BCUT2D eigenvalue weighted by Crippen LogP contribution is -1.89. The van der Waals surface area contributed by atoms with Crippen LogP contribution in [0.3, 0.4) is 0 Å². The van der Waals surface area contributed by atoms with E-state index in [9.17, 15) is 0 Å². The maximum absolute atomic E-state index is 4.98. The predicted octanol–water partition coefficient (Wildman–Crippen LogP) is 2.47. The number of allylic oxidation sites excluding steroid dienone is 1. The Morgan fingerprint density at radius 2 is 2.67 bits per heavy atom. The van der Waals surface area contributed by atoms with Crippen LogP contribution in [-0.4, -0.2) is 4.57 Å². The molecule has 1 rings (SSSR count). The molecule has 1 aromatic rings. The van der Waals surface area contributed by atoms with Crippen LogP contribution >= 0.6 is 23.6 Å². The third-order valence-corrected chi connectivity index (χ3v) is 2.19. The van der Waals surface area contributed by atoms with Gasteiger partial charge in [-0.05, 0) is 12.2 Å². The van der Waals surface area contributed by atoms with E-state index in [4.69, 9.17) is 12.2 Å². The zero-order valence-electron chi connectivity index (χ0n) is 4.91. The van der Waals surface area contributed by atoms with Crippen LogP contribution in [0.5, 0.6) is 0 Å². The van der Waals surface area contributed by atoms with Crippen molar-refractivity contribution in [2.45, 2.75) is 6.54 Å². The van der Waals surface area contributed by atoms with Gasteiger partial charge in [0.1, 0.15) is 0 Å². The lowest BCUT2D eigenvalue weighted by Gasteiger charge is -1.91. The number of thiazole rings is 1. The smallest absolute Gasteiger partial charge is 0.161 e. The topological polar surface area (TPSA) is 4.93 Å². The summed E-state index contributed by atoms with van der Waals surface area (Å²) < 4.78 is 2.89. The van der Waals surface area contributed by atoms with Gasteiger partial charge in [-0.3, -0.25) is 0 Å². The molecule has 0 unspecified atom stereocenters. The highest BCUT2D eigenvalue weighted by Crippen LogP contribution is 2.01. The molecule has 3 heteroatoms. The lowest BCUT2D eigenvalue weighted by atomic mass is 10.6. The Morgan fingerprint density at radius 1 is 1.89 bits per heavy atom. The number of rotatable bonds is 2. The molecule has 0 aliphatic rings. The summed E-state index contributed by atoms with van der Waals surface area (Å²) in [4.78, 5) is 0. The average Bonchev–Trinajstić information content (AvgIpc) is 2.18. The monoisotopic (exact) mass is 157 g/mol. The molecule has 0 amide bonds. The Balaban J connectivity index is 2.93. The zero-order chi connectivity index (χ0) is 6.69. The van der Waals surface area contributed by atoms with Gasteiger partial charge >= 0.3 is 0 Å². The molecule has 0 fully saturated rings. The highest BCUT2D eigenvalue weighted by Gasteiger charge is 1.85. The molecule has 0 aliphatic heterocycles. The van der Waals surface area contributed by atoms with Crippen LogP contribution in [0.4, 0.5) is 0 Å². The quantitative estimate of drug-likeness (QED) is 0.471. The van der Waals surface area contributed by atoms with Crippen LogP contribution in [0.1, 0.15) is 0 Å². The first kappa shape index (κ1) is 6.71. The summed E-state index contributed by atoms with van der Waals surface area (Å²) in [6.45, 7) is 4.44. The van der Waals surface area contributed by atoms with Crippen molar-refractivity contribution in [3.8, 4) is 0 Å². The molecular weight excluding hydrogens is 150 g/mol. The molecular formula is C6H7NS2. The van der Waals surface area contributed by atoms with Gasteiger partial charge in [-0.25, -0.2) is 0 Å². The molecule has 0 spiro atoms. The largest absolute Gasteiger partial charge is 0.326 e. The van der Waals surface area contributed by atoms with E-state index < -0.39 is 0 Å². The van der Waals surface area contributed by atoms with Crippen molar-refractivity contribution in [1.29, 1.82) is 0 Å². The third-order valence-electron chi connectivity index (χ3n) is 0.970. The molecule has 0 bridgehead atoms. The van der Waals surface area contributed by atoms with E-state index in [0.717, 1.165) is 10.5 Å². The molecule has 0 aliphatic carbocycles. The standard InChI is InChI=1S/C6H7NS2/c1-2-3-7-4-5-9-6(7)8/h2,4-5H,1,3H2. The summed E-state index contributed by atoms with van der Waals surface area (Å²) >= 11 is 6.56. The molecule has 0 N–H and O–H groups in total. The van der Waals surface area contributed by atoms with Crippen molar-refractivity contribution in [1.82, 2.24) is 4.57 Å². The molecule has 1 heterocycles. The van der Waals surface area contributed by atoms with Gasteiger partial charge in [-0.15, -0.1) is 17.9 Å². The molecule has 1 aromatic heterocycles. The summed E-state index contributed by atoms with van der Waals surface area (Å²) in [5.74, 6) is 0. The fourth-order valence-corrected chi connectivity index (χ4v) is 1.46. The van der Waals surface area contributed by atoms with Crippen LogP contribution in [0.2, 0.25) is 0 Å². The zero-order valence-corrected chi connectivity index (χ0v) is 6.54. The molecule has 48 valence electrons. The fraction of sp³-hybridized carbons (Fsp3) is 0.167.